The van der Waals surface area contributed by atoms with E-state index >= 15 is 0 Å². The van der Waals surface area contributed by atoms with Crippen LogP contribution in [0, 0.1) is 0 Å². The van der Waals surface area contributed by atoms with E-state index in [0.29, 0.717) is 12.4 Å². The van der Waals surface area contributed by atoms with Crippen molar-refractivity contribution in [2.75, 3.05) is 0 Å². The highest BCUT2D eigenvalue weighted by Crippen LogP contribution is 2.29. The van der Waals surface area contributed by atoms with Gasteiger partial charge in [0.2, 0.25) is 0 Å². The summed E-state index contributed by atoms with van der Waals surface area (Å²) in [6.45, 7) is -0.283. The lowest BCUT2D eigenvalue weighted by molar-refractivity contribution is -0.141. The number of carbonyl (C=O) groups is 1. The highest BCUT2D eigenvalue weighted by Gasteiger charge is 2.34. The zero-order chi connectivity index (χ0) is 10.1. The second kappa shape index (κ2) is 3.37. The van der Waals surface area contributed by atoms with E-state index in [0.717, 1.165) is 4.68 Å². The number of rotatable bonds is 2. The van der Waals surface area contributed by atoms with Gasteiger partial charge in [-0.15, -0.1) is 0 Å². The molecule has 0 amide bonds. The molecular weight excluding hydrogens is 209 g/mol. The molecule has 1 aromatic heterocycles. The van der Waals surface area contributed by atoms with E-state index in [1.54, 1.807) is 0 Å². The fourth-order valence-electron chi connectivity index (χ4n) is 0.731. The lowest BCUT2D eigenvalue weighted by Crippen LogP contribution is -2.08. The van der Waals surface area contributed by atoms with E-state index in [2.05, 4.69) is 5.10 Å². The fraction of sp³-hybridized carbons (Fsp3) is 0.333. The summed E-state index contributed by atoms with van der Waals surface area (Å²) >= 11 is 5.37. The number of hydrogen-bond donors (Lipinski definition) is 0. The first-order valence-electron chi connectivity index (χ1n) is 3.19. The SMILES string of the molecule is O=CCn1nc(C(F)(F)F)cc1Cl. The van der Waals surface area contributed by atoms with Crippen molar-refractivity contribution < 1.29 is 18.0 Å². The molecule has 1 aromatic rings. The molecule has 0 aliphatic rings. The molecule has 3 nitrogen and oxygen atoms in total. The maximum absolute atomic E-state index is 12.0. The summed E-state index contributed by atoms with van der Waals surface area (Å²) in [7, 11) is 0. The lowest BCUT2D eigenvalue weighted by Gasteiger charge is -1.99. The van der Waals surface area contributed by atoms with Crippen LogP contribution in [0.2, 0.25) is 5.15 Å². The summed E-state index contributed by atoms with van der Waals surface area (Å²) in [4.78, 5) is 9.98. The van der Waals surface area contributed by atoms with Crippen LogP contribution in [0.25, 0.3) is 0 Å². The monoisotopic (exact) mass is 212 g/mol. The Labute approximate surface area is 76.1 Å². The van der Waals surface area contributed by atoms with Gasteiger partial charge in [0.15, 0.2) is 5.69 Å². The molecule has 0 N–H and O–H groups in total. The van der Waals surface area contributed by atoms with Gasteiger partial charge in [0.1, 0.15) is 11.4 Å². The van der Waals surface area contributed by atoms with Crippen molar-refractivity contribution >= 4 is 17.9 Å². The molecule has 0 aliphatic carbocycles. The number of carbonyl (C=O) groups excluding carboxylic acids is 1. The molecule has 0 aromatic carbocycles. The fourth-order valence-corrected chi connectivity index (χ4v) is 0.941. The maximum Gasteiger partial charge on any atom is 0.435 e. The molecule has 0 radical (unpaired) electrons. The van der Waals surface area contributed by atoms with E-state index < -0.39 is 11.9 Å². The van der Waals surface area contributed by atoms with Gasteiger partial charge in [0.05, 0.1) is 6.54 Å². The van der Waals surface area contributed by atoms with Crippen molar-refractivity contribution in [2.45, 2.75) is 12.7 Å². The Morgan fingerprint density at radius 2 is 2.23 bits per heavy atom. The average Bonchev–Trinajstić information content (AvgIpc) is 2.32. The van der Waals surface area contributed by atoms with Gasteiger partial charge in [-0.25, -0.2) is 4.68 Å². The summed E-state index contributed by atoms with van der Waals surface area (Å²) in [6.07, 6.45) is -4.11. The van der Waals surface area contributed by atoms with Crippen LogP contribution < -0.4 is 0 Å². The van der Waals surface area contributed by atoms with E-state index in [1.807, 2.05) is 0 Å². The van der Waals surface area contributed by atoms with Crippen LogP contribution >= 0.6 is 11.6 Å². The van der Waals surface area contributed by atoms with E-state index in [4.69, 9.17) is 11.6 Å². The third kappa shape index (κ3) is 2.21. The Morgan fingerprint density at radius 3 is 2.62 bits per heavy atom. The van der Waals surface area contributed by atoms with Gasteiger partial charge in [-0.1, -0.05) is 11.6 Å². The molecule has 0 bridgehead atoms. The first kappa shape index (κ1) is 10.0. The summed E-state index contributed by atoms with van der Waals surface area (Å²) in [5.41, 5.74) is -1.10. The standard InChI is InChI=1S/C6H4ClF3N2O/c7-5-3-4(6(8,9)10)11-12(5)1-2-13/h2-3H,1H2. The minimum Gasteiger partial charge on any atom is -0.301 e. The zero-order valence-electron chi connectivity index (χ0n) is 6.18. The first-order chi connectivity index (χ1) is 5.95. The van der Waals surface area contributed by atoms with Crippen LogP contribution in [-0.4, -0.2) is 16.1 Å². The molecule has 0 saturated carbocycles. The minimum absolute atomic E-state index is 0.209. The highest BCUT2D eigenvalue weighted by molar-refractivity contribution is 6.29. The van der Waals surface area contributed by atoms with Gasteiger partial charge in [-0.05, 0) is 0 Å². The Morgan fingerprint density at radius 1 is 1.62 bits per heavy atom. The second-order valence-corrected chi connectivity index (χ2v) is 2.59. The lowest BCUT2D eigenvalue weighted by atomic mass is 10.4. The van der Waals surface area contributed by atoms with E-state index in [1.165, 1.54) is 0 Å². The number of aldehydes is 1. The predicted molar refractivity (Wildman–Crippen MR) is 38.3 cm³/mol. The molecular formula is C6H4ClF3N2O. The van der Waals surface area contributed by atoms with Gasteiger partial charge in [-0.2, -0.15) is 18.3 Å². The van der Waals surface area contributed by atoms with Crippen LogP contribution in [-0.2, 0) is 17.5 Å². The van der Waals surface area contributed by atoms with Gasteiger partial charge in [-0.3, -0.25) is 0 Å². The molecule has 7 heteroatoms. The number of hydrogen-bond acceptors (Lipinski definition) is 2. The Balaban J connectivity index is 3.01. The van der Waals surface area contributed by atoms with Crippen LogP contribution in [0.15, 0.2) is 6.07 Å². The summed E-state index contributed by atoms with van der Waals surface area (Å²) in [5, 5.41) is 2.89. The second-order valence-electron chi connectivity index (χ2n) is 2.20. The normalized spacial score (nSPS) is 11.7. The van der Waals surface area contributed by atoms with Gasteiger partial charge >= 0.3 is 6.18 Å². The molecule has 0 aliphatic heterocycles. The van der Waals surface area contributed by atoms with Crippen molar-refractivity contribution in [3.8, 4) is 0 Å². The molecule has 1 heterocycles. The molecule has 0 spiro atoms. The van der Waals surface area contributed by atoms with Crippen molar-refractivity contribution in [1.82, 2.24) is 9.78 Å². The molecule has 72 valence electrons. The number of halogens is 4. The van der Waals surface area contributed by atoms with Gasteiger partial charge < -0.3 is 4.79 Å². The third-order valence-corrected chi connectivity index (χ3v) is 1.57. The topological polar surface area (TPSA) is 34.9 Å². The van der Waals surface area contributed by atoms with Crippen molar-refractivity contribution in [2.24, 2.45) is 0 Å². The quantitative estimate of drug-likeness (QED) is 0.700. The smallest absolute Gasteiger partial charge is 0.301 e. The first-order valence-corrected chi connectivity index (χ1v) is 3.57. The highest BCUT2D eigenvalue weighted by atomic mass is 35.5. The molecule has 0 fully saturated rings. The minimum atomic E-state index is -4.53. The van der Waals surface area contributed by atoms with Crippen molar-refractivity contribution in [3.63, 3.8) is 0 Å². The number of aromatic nitrogens is 2. The summed E-state index contributed by atoms with van der Waals surface area (Å²) in [6, 6.07) is 0.672. The zero-order valence-corrected chi connectivity index (χ0v) is 6.93. The van der Waals surface area contributed by atoms with Crippen LogP contribution in [0.1, 0.15) is 5.69 Å². The van der Waals surface area contributed by atoms with E-state index in [9.17, 15) is 18.0 Å². The van der Waals surface area contributed by atoms with Crippen LogP contribution in [0.5, 0.6) is 0 Å². The average molecular weight is 213 g/mol. The summed E-state index contributed by atoms with van der Waals surface area (Å²) < 4.78 is 36.8. The third-order valence-electron chi connectivity index (χ3n) is 1.27. The number of nitrogens with zero attached hydrogens (tertiary/aromatic N) is 2. The maximum atomic E-state index is 12.0. The molecule has 1 rings (SSSR count). The molecule has 0 unspecified atom stereocenters. The molecule has 0 saturated heterocycles. The van der Waals surface area contributed by atoms with Crippen LogP contribution in [0.4, 0.5) is 13.2 Å². The van der Waals surface area contributed by atoms with Crippen LogP contribution in [0.3, 0.4) is 0 Å². The molecule has 0 atom stereocenters. The molecule has 13 heavy (non-hydrogen) atoms. The predicted octanol–water partition coefficient (Wildman–Crippen LogP) is 1.75. The Kier molecular flexibility index (Phi) is 2.60. The summed E-state index contributed by atoms with van der Waals surface area (Å²) in [5.74, 6) is 0. The van der Waals surface area contributed by atoms with Gasteiger partial charge in [0.25, 0.3) is 0 Å². The van der Waals surface area contributed by atoms with Crippen molar-refractivity contribution in [3.05, 3.63) is 16.9 Å². The van der Waals surface area contributed by atoms with Gasteiger partial charge in [0, 0.05) is 6.07 Å². The largest absolute Gasteiger partial charge is 0.435 e. The number of alkyl halides is 3. The van der Waals surface area contributed by atoms with E-state index in [-0.39, 0.29) is 11.7 Å². The Bertz CT molecular complexity index is 320. The Hall–Kier alpha value is -1.04. The van der Waals surface area contributed by atoms with Crippen molar-refractivity contribution in [1.29, 1.82) is 0 Å².